The Bertz CT molecular complexity index is 90.9. The van der Waals surface area contributed by atoms with Gasteiger partial charge >= 0.3 is 0 Å². The van der Waals surface area contributed by atoms with Gasteiger partial charge in [0.1, 0.15) is 0 Å². The molecule has 3 nitrogen and oxygen atoms in total. The number of rotatable bonds is 1. The van der Waals surface area contributed by atoms with Crippen molar-refractivity contribution in [3.8, 4) is 0 Å². The van der Waals surface area contributed by atoms with Gasteiger partial charge in [-0.15, -0.1) is 0 Å². The summed E-state index contributed by atoms with van der Waals surface area (Å²) >= 11 is 4.19. The molecule has 0 aromatic carbocycles. The van der Waals surface area contributed by atoms with Gasteiger partial charge in [-0.2, -0.15) is 0 Å². The maximum atomic E-state index is 10.1. The first kappa shape index (κ1) is 6.52. The van der Waals surface area contributed by atoms with Gasteiger partial charge in [0.15, 0.2) is 0 Å². The van der Waals surface area contributed by atoms with Crippen LogP contribution in [0.2, 0.25) is 0 Å². The highest BCUT2D eigenvalue weighted by Crippen LogP contribution is 1.72. The summed E-state index contributed by atoms with van der Waals surface area (Å²) in [4.78, 5) is 10.1. The number of nitrogens with two attached hydrogens (primary N) is 1. The molecule has 0 aliphatic carbocycles. The molecular weight excluding hydrogens is 112 g/mol. The number of hydrazine groups is 1. The lowest BCUT2D eigenvalue weighted by Crippen LogP contribution is -2.29. The van der Waals surface area contributed by atoms with Gasteiger partial charge in [0, 0.05) is 0 Å². The predicted molar refractivity (Wildman–Crippen MR) is 28.6 cm³/mol. The van der Waals surface area contributed by atoms with E-state index in [0.29, 0.717) is 4.41 Å². The number of carbonyl (C=O) groups excluding carboxylic acids is 1. The fourth-order valence-corrected chi connectivity index (χ4v) is 0.165. The van der Waals surface area contributed by atoms with Crippen molar-refractivity contribution < 1.29 is 4.79 Å². The summed E-state index contributed by atoms with van der Waals surface area (Å²) in [7, 11) is 0. The molecule has 0 rings (SSSR count). The fourth-order valence-electron chi connectivity index (χ4n) is 0.0900. The first-order valence-corrected chi connectivity index (χ1v) is 1.93. The highest BCUT2D eigenvalue weighted by Gasteiger charge is 1.84. The molecule has 4 heteroatoms. The van der Waals surface area contributed by atoms with E-state index >= 15 is 0 Å². The predicted octanol–water partition coefficient (Wildman–Crippen LogP) is -0.663. The van der Waals surface area contributed by atoms with Gasteiger partial charge in [-0.3, -0.25) is 10.6 Å². The van der Waals surface area contributed by atoms with Gasteiger partial charge in [-0.1, -0.05) is 6.58 Å². The Balaban J connectivity index is 3.56. The zero-order valence-corrected chi connectivity index (χ0v) is 4.44. The van der Waals surface area contributed by atoms with E-state index in [0.717, 1.165) is 6.08 Å². The second-order valence-corrected chi connectivity index (χ2v) is 1.26. The summed E-state index contributed by atoms with van der Waals surface area (Å²) in [6.45, 7) is 3.14. The molecule has 7 heavy (non-hydrogen) atoms. The second kappa shape index (κ2) is 2.65. The third kappa shape index (κ3) is 2.24. The number of hydrogen-bond acceptors (Lipinski definition) is 3. The normalized spacial score (nSPS) is 7.71. The van der Waals surface area contributed by atoms with Crippen molar-refractivity contribution in [3.05, 3.63) is 12.7 Å². The van der Waals surface area contributed by atoms with Gasteiger partial charge in [-0.05, 0) is 6.08 Å². The molecule has 0 atom stereocenters. The molecule has 0 bridgehead atoms. The number of nitrogens with zero attached hydrogens (tertiary/aromatic N) is 1. The van der Waals surface area contributed by atoms with Crippen LogP contribution < -0.4 is 5.84 Å². The molecule has 0 saturated heterocycles. The van der Waals surface area contributed by atoms with Crippen molar-refractivity contribution in [2.45, 2.75) is 0 Å². The van der Waals surface area contributed by atoms with Crippen LogP contribution >= 0.6 is 0 Å². The molecule has 0 aromatic heterocycles. The number of amides is 1. The molecule has 0 aromatic rings. The van der Waals surface area contributed by atoms with Crippen LogP contribution in [0.4, 0.5) is 0 Å². The zero-order chi connectivity index (χ0) is 5.86. The average Bonchev–Trinajstić information content (AvgIpc) is 1.65. The van der Waals surface area contributed by atoms with Gasteiger partial charge in [-0.25, -0.2) is 0 Å². The molecule has 0 radical (unpaired) electrons. The molecular formula is C3H5N2OS-. The molecule has 0 aliphatic heterocycles. The van der Waals surface area contributed by atoms with Crippen molar-refractivity contribution in [1.29, 1.82) is 0 Å². The maximum Gasteiger partial charge on any atom is 0.237 e. The van der Waals surface area contributed by atoms with Crippen molar-refractivity contribution >= 4 is 18.7 Å². The minimum atomic E-state index is -0.463. The third-order valence-corrected chi connectivity index (χ3v) is 0.572. The van der Waals surface area contributed by atoms with E-state index in [-0.39, 0.29) is 0 Å². The van der Waals surface area contributed by atoms with E-state index in [1.165, 1.54) is 0 Å². The van der Waals surface area contributed by atoms with E-state index in [4.69, 9.17) is 5.84 Å². The Kier molecular flexibility index (Phi) is 2.47. The average molecular weight is 117 g/mol. The van der Waals surface area contributed by atoms with E-state index in [1.54, 1.807) is 0 Å². The molecule has 0 heterocycles. The quantitative estimate of drug-likeness (QED) is 0.163. The summed E-state index contributed by atoms with van der Waals surface area (Å²) in [5.74, 6) is 4.31. The van der Waals surface area contributed by atoms with Gasteiger partial charge in [0.25, 0.3) is 0 Å². The van der Waals surface area contributed by atoms with Crippen molar-refractivity contribution in [2.24, 2.45) is 5.84 Å². The summed E-state index contributed by atoms with van der Waals surface area (Å²) in [6, 6.07) is 0. The Hall–Kier alpha value is -0.480. The highest BCUT2D eigenvalue weighted by atomic mass is 32.1. The molecule has 0 spiro atoms. The molecule has 0 aliphatic rings. The Morgan fingerprint density at radius 2 is 2.43 bits per heavy atom. The van der Waals surface area contributed by atoms with Crippen LogP contribution in [-0.2, 0) is 17.6 Å². The molecule has 0 unspecified atom stereocenters. The molecule has 40 valence electrons. The first-order chi connectivity index (χ1) is 3.18. The lowest BCUT2D eigenvalue weighted by atomic mass is 10.6. The molecule has 0 saturated carbocycles. The summed E-state index contributed by atoms with van der Waals surface area (Å²) < 4.78 is 0.549. The van der Waals surface area contributed by atoms with Crippen LogP contribution in [0, 0.1) is 0 Å². The Labute approximate surface area is 47.3 Å². The Morgan fingerprint density at radius 3 is 2.43 bits per heavy atom. The van der Waals surface area contributed by atoms with Crippen molar-refractivity contribution in [2.75, 3.05) is 0 Å². The van der Waals surface area contributed by atoms with Crippen LogP contribution in [-0.4, -0.2) is 10.3 Å². The number of carbonyl (C=O) groups is 1. The second-order valence-electron chi connectivity index (χ2n) is 0.868. The van der Waals surface area contributed by atoms with Crippen LogP contribution in [0.3, 0.4) is 0 Å². The van der Waals surface area contributed by atoms with Crippen LogP contribution in [0.15, 0.2) is 12.7 Å². The topological polar surface area (TPSA) is 46.3 Å². The SMILES string of the molecule is C=CC(=O)N(N)[S-]. The Morgan fingerprint density at radius 1 is 2.00 bits per heavy atom. The van der Waals surface area contributed by atoms with Gasteiger partial charge in [0.05, 0.1) is 0 Å². The summed E-state index contributed by atoms with van der Waals surface area (Å²) in [5.41, 5.74) is 0. The maximum absolute atomic E-state index is 10.1. The first-order valence-electron chi connectivity index (χ1n) is 1.57. The lowest BCUT2D eigenvalue weighted by molar-refractivity contribution is -0.121. The summed E-state index contributed by atoms with van der Waals surface area (Å²) in [6.07, 6.45) is 1.05. The van der Waals surface area contributed by atoms with Gasteiger partial charge in [0.2, 0.25) is 5.91 Å². The fraction of sp³-hybridized carbons (Fsp3) is 0. The summed E-state index contributed by atoms with van der Waals surface area (Å²) in [5, 5.41) is 0. The van der Waals surface area contributed by atoms with E-state index in [2.05, 4.69) is 19.4 Å². The molecule has 1 amide bonds. The molecule has 2 N–H and O–H groups in total. The van der Waals surface area contributed by atoms with E-state index in [1.807, 2.05) is 0 Å². The largest absolute Gasteiger partial charge is 0.644 e. The standard InChI is InChI=1S/C3H5N2OS/c1-2-3(6)5(4)7/h2H,1,4H2/q-1. The van der Waals surface area contributed by atoms with Crippen LogP contribution in [0.1, 0.15) is 0 Å². The van der Waals surface area contributed by atoms with Gasteiger partial charge < -0.3 is 17.2 Å². The zero-order valence-electron chi connectivity index (χ0n) is 3.63. The van der Waals surface area contributed by atoms with Crippen molar-refractivity contribution in [3.63, 3.8) is 0 Å². The van der Waals surface area contributed by atoms with Crippen molar-refractivity contribution in [1.82, 2.24) is 4.41 Å². The van der Waals surface area contributed by atoms with Crippen LogP contribution in [0.25, 0.3) is 0 Å². The minimum absolute atomic E-state index is 0.463. The number of hydrogen-bond donors (Lipinski definition) is 1. The lowest BCUT2D eigenvalue weighted by Gasteiger charge is -2.19. The molecule has 0 fully saturated rings. The minimum Gasteiger partial charge on any atom is -0.644 e. The highest BCUT2D eigenvalue weighted by molar-refractivity contribution is 7.56. The van der Waals surface area contributed by atoms with E-state index in [9.17, 15) is 4.79 Å². The van der Waals surface area contributed by atoms with Crippen LogP contribution in [0.5, 0.6) is 0 Å². The smallest absolute Gasteiger partial charge is 0.237 e. The van der Waals surface area contributed by atoms with E-state index < -0.39 is 5.91 Å². The monoisotopic (exact) mass is 117 g/mol. The third-order valence-electron chi connectivity index (χ3n) is 0.392.